The molecule has 0 saturated carbocycles. The quantitative estimate of drug-likeness (QED) is 0.748. The molecule has 0 amide bonds. The molecule has 106 valence electrons. The zero-order valence-corrected chi connectivity index (χ0v) is 14.1. The summed E-state index contributed by atoms with van der Waals surface area (Å²) in [6.07, 6.45) is 3.29. The molecule has 1 unspecified atom stereocenters. The number of esters is 1. The highest BCUT2D eigenvalue weighted by Gasteiger charge is 2.18. The maximum Gasteiger partial charge on any atom is 0.340 e. The lowest BCUT2D eigenvalue weighted by atomic mass is 10.1. The Hall–Kier alpha value is -1.27. The molecular formula is C14H13Br2NO3. The van der Waals surface area contributed by atoms with Crippen LogP contribution in [0.3, 0.4) is 0 Å². The van der Waals surface area contributed by atoms with Crippen molar-refractivity contribution in [2.45, 2.75) is 13.0 Å². The molecule has 0 aliphatic carbocycles. The molecule has 0 radical (unpaired) electrons. The third-order valence-corrected chi connectivity index (χ3v) is 3.95. The molecule has 1 N–H and O–H groups in total. The number of hydrogen-bond donors (Lipinski definition) is 1. The molecule has 4 nitrogen and oxygen atoms in total. The summed E-state index contributed by atoms with van der Waals surface area (Å²) in [6.45, 7) is 1.99. The number of halogens is 2. The number of anilines is 1. The Balaban J connectivity index is 2.37. The minimum absolute atomic E-state index is 0.00497. The summed E-state index contributed by atoms with van der Waals surface area (Å²) < 4.78 is 11.5. The second-order valence-corrected chi connectivity index (χ2v) is 5.99. The minimum atomic E-state index is -0.395. The van der Waals surface area contributed by atoms with E-state index >= 15 is 0 Å². The van der Waals surface area contributed by atoms with Gasteiger partial charge in [0.2, 0.25) is 0 Å². The lowest BCUT2D eigenvalue weighted by molar-refractivity contribution is 0.0601. The van der Waals surface area contributed by atoms with Crippen molar-refractivity contribution in [2.24, 2.45) is 0 Å². The summed E-state index contributed by atoms with van der Waals surface area (Å²) >= 11 is 6.83. The van der Waals surface area contributed by atoms with Crippen LogP contribution in [0.15, 0.2) is 44.1 Å². The van der Waals surface area contributed by atoms with E-state index in [9.17, 15) is 4.79 Å². The highest BCUT2D eigenvalue weighted by molar-refractivity contribution is 9.11. The van der Waals surface area contributed by atoms with Gasteiger partial charge in [-0.2, -0.15) is 0 Å². The first kappa shape index (κ1) is 15.1. The summed E-state index contributed by atoms with van der Waals surface area (Å²) in [4.78, 5) is 11.9. The van der Waals surface area contributed by atoms with E-state index in [1.54, 1.807) is 18.6 Å². The largest absolute Gasteiger partial charge is 0.472 e. The van der Waals surface area contributed by atoms with Gasteiger partial charge in [0.15, 0.2) is 0 Å². The van der Waals surface area contributed by atoms with Crippen molar-refractivity contribution in [2.75, 3.05) is 12.4 Å². The maximum atomic E-state index is 11.9. The highest BCUT2D eigenvalue weighted by atomic mass is 79.9. The number of rotatable bonds is 4. The number of ether oxygens (including phenoxy) is 1. The third kappa shape index (κ3) is 3.24. The molecule has 0 fully saturated rings. The monoisotopic (exact) mass is 401 g/mol. The van der Waals surface area contributed by atoms with Crippen molar-refractivity contribution < 1.29 is 13.9 Å². The molecule has 1 heterocycles. The van der Waals surface area contributed by atoms with E-state index in [1.165, 1.54) is 7.11 Å². The predicted molar refractivity (Wildman–Crippen MR) is 83.9 cm³/mol. The molecule has 0 spiro atoms. The van der Waals surface area contributed by atoms with Crippen LogP contribution in [0.2, 0.25) is 0 Å². The number of methoxy groups -OCH3 is 1. The first-order chi connectivity index (χ1) is 9.52. The molecule has 0 aliphatic rings. The van der Waals surface area contributed by atoms with Gasteiger partial charge >= 0.3 is 5.97 Å². The van der Waals surface area contributed by atoms with E-state index < -0.39 is 5.97 Å². The van der Waals surface area contributed by atoms with Crippen LogP contribution in [-0.2, 0) is 4.74 Å². The number of furan rings is 1. The van der Waals surface area contributed by atoms with Crippen LogP contribution in [0, 0.1) is 0 Å². The lowest BCUT2D eigenvalue weighted by Crippen LogP contribution is -2.12. The Kier molecular flexibility index (Phi) is 4.88. The fourth-order valence-corrected chi connectivity index (χ4v) is 3.15. The zero-order chi connectivity index (χ0) is 14.7. The number of benzene rings is 1. The minimum Gasteiger partial charge on any atom is -0.472 e. The molecule has 0 saturated heterocycles. The predicted octanol–water partition coefficient (Wildman–Crippen LogP) is 4.76. The van der Waals surface area contributed by atoms with Crippen molar-refractivity contribution in [3.63, 3.8) is 0 Å². The summed E-state index contributed by atoms with van der Waals surface area (Å²) in [7, 11) is 1.36. The SMILES string of the molecule is COC(=O)c1cc(Br)cc(Br)c1NC(C)c1ccoc1. The number of nitrogens with one attached hydrogen (secondary N) is 1. The highest BCUT2D eigenvalue weighted by Crippen LogP contribution is 2.33. The molecule has 2 rings (SSSR count). The first-order valence-electron chi connectivity index (χ1n) is 5.89. The van der Waals surface area contributed by atoms with Gasteiger partial charge < -0.3 is 14.5 Å². The number of carbonyl (C=O) groups excluding carboxylic acids is 1. The van der Waals surface area contributed by atoms with E-state index in [4.69, 9.17) is 9.15 Å². The second-order valence-electron chi connectivity index (χ2n) is 4.22. The fraction of sp³-hybridized carbons (Fsp3) is 0.214. The van der Waals surface area contributed by atoms with Gasteiger partial charge in [-0.05, 0) is 41.1 Å². The molecule has 1 atom stereocenters. The smallest absolute Gasteiger partial charge is 0.340 e. The van der Waals surface area contributed by atoms with Crippen LogP contribution >= 0.6 is 31.9 Å². The van der Waals surface area contributed by atoms with E-state index in [0.717, 1.165) is 14.5 Å². The molecule has 1 aromatic heterocycles. The topological polar surface area (TPSA) is 51.5 Å². The van der Waals surface area contributed by atoms with Crippen LogP contribution < -0.4 is 5.32 Å². The van der Waals surface area contributed by atoms with E-state index in [0.29, 0.717) is 11.3 Å². The van der Waals surface area contributed by atoms with Gasteiger partial charge in [0.05, 0.1) is 36.9 Å². The van der Waals surface area contributed by atoms with E-state index in [-0.39, 0.29) is 6.04 Å². The lowest BCUT2D eigenvalue weighted by Gasteiger charge is -2.18. The standard InChI is InChI=1S/C14H13Br2NO3/c1-8(9-3-4-20-7-9)17-13-11(14(18)19-2)5-10(15)6-12(13)16/h3-8,17H,1-2H3. The Bertz CT molecular complexity index is 611. The van der Waals surface area contributed by atoms with Gasteiger partial charge in [0, 0.05) is 14.5 Å². The van der Waals surface area contributed by atoms with Gasteiger partial charge in [-0.15, -0.1) is 0 Å². The summed E-state index contributed by atoms with van der Waals surface area (Å²) in [5.74, 6) is -0.395. The van der Waals surface area contributed by atoms with Crippen LogP contribution in [0.1, 0.15) is 28.9 Å². The Morgan fingerprint density at radius 2 is 2.15 bits per heavy atom. The average Bonchev–Trinajstić information content (AvgIpc) is 2.94. The number of carbonyl (C=O) groups is 1. The van der Waals surface area contributed by atoms with E-state index in [2.05, 4.69) is 37.2 Å². The normalized spacial score (nSPS) is 12.0. The third-order valence-electron chi connectivity index (χ3n) is 2.86. The first-order valence-corrected chi connectivity index (χ1v) is 7.47. The molecule has 1 aromatic carbocycles. The summed E-state index contributed by atoms with van der Waals surface area (Å²) in [5, 5.41) is 3.30. The van der Waals surface area contributed by atoms with Crippen molar-refractivity contribution in [3.8, 4) is 0 Å². The Labute approximate surface area is 133 Å². The Morgan fingerprint density at radius 3 is 2.75 bits per heavy atom. The van der Waals surface area contributed by atoms with Crippen molar-refractivity contribution >= 4 is 43.5 Å². The average molecular weight is 403 g/mol. The van der Waals surface area contributed by atoms with Crippen molar-refractivity contribution in [3.05, 3.63) is 50.8 Å². The van der Waals surface area contributed by atoms with Gasteiger partial charge in [-0.25, -0.2) is 4.79 Å². The molecule has 0 bridgehead atoms. The van der Waals surface area contributed by atoms with E-state index in [1.807, 2.05) is 19.1 Å². The number of hydrogen-bond acceptors (Lipinski definition) is 4. The van der Waals surface area contributed by atoms with Crippen LogP contribution in [-0.4, -0.2) is 13.1 Å². The van der Waals surface area contributed by atoms with Crippen LogP contribution in [0.4, 0.5) is 5.69 Å². The zero-order valence-electron chi connectivity index (χ0n) is 10.9. The van der Waals surface area contributed by atoms with Crippen molar-refractivity contribution in [1.82, 2.24) is 0 Å². The summed E-state index contributed by atoms with van der Waals surface area (Å²) in [6, 6.07) is 5.47. The van der Waals surface area contributed by atoms with Crippen molar-refractivity contribution in [1.29, 1.82) is 0 Å². The maximum absolute atomic E-state index is 11.9. The fourth-order valence-electron chi connectivity index (χ4n) is 1.81. The molecule has 20 heavy (non-hydrogen) atoms. The molecule has 2 aromatic rings. The second kappa shape index (κ2) is 6.45. The summed E-state index contributed by atoms with van der Waals surface area (Å²) in [5.41, 5.74) is 2.15. The van der Waals surface area contributed by atoms with Gasteiger partial charge in [0.1, 0.15) is 0 Å². The van der Waals surface area contributed by atoms with Crippen LogP contribution in [0.25, 0.3) is 0 Å². The molecule has 6 heteroatoms. The van der Waals surface area contributed by atoms with Gasteiger partial charge in [-0.3, -0.25) is 0 Å². The van der Waals surface area contributed by atoms with Crippen LogP contribution in [0.5, 0.6) is 0 Å². The Morgan fingerprint density at radius 1 is 1.40 bits per heavy atom. The van der Waals surface area contributed by atoms with Gasteiger partial charge in [0.25, 0.3) is 0 Å². The van der Waals surface area contributed by atoms with Gasteiger partial charge in [-0.1, -0.05) is 15.9 Å². The molecule has 0 aliphatic heterocycles. The molecular weight excluding hydrogens is 390 g/mol.